The number of nitrogens with zero attached hydrogens (tertiary/aromatic N) is 4. The molecule has 2 aliphatic rings. The first-order chi connectivity index (χ1) is 11.1. The maximum Gasteiger partial charge on any atom is 0.316 e. The average Bonchev–Trinajstić information content (AvgIpc) is 2.88. The van der Waals surface area contributed by atoms with E-state index in [1.165, 1.54) is 0 Å². The van der Waals surface area contributed by atoms with Gasteiger partial charge in [-0.05, 0) is 18.9 Å². The summed E-state index contributed by atoms with van der Waals surface area (Å²) in [6, 6.07) is 1.99. The van der Waals surface area contributed by atoms with Crippen molar-refractivity contribution in [2.24, 2.45) is 0 Å². The minimum atomic E-state index is -0.272. The monoisotopic (exact) mass is 318 g/mol. The zero-order valence-electron chi connectivity index (χ0n) is 12.7. The zero-order valence-corrected chi connectivity index (χ0v) is 12.7. The van der Waals surface area contributed by atoms with Gasteiger partial charge in [0.1, 0.15) is 12.6 Å². The van der Waals surface area contributed by atoms with E-state index in [9.17, 15) is 14.4 Å². The zero-order chi connectivity index (χ0) is 16.2. The summed E-state index contributed by atoms with van der Waals surface area (Å²) in [5, 5.41) is 0. The molecule has 0 bridgehead atoms. The van der Waals surface area contributed by atoms with Gasteiger partial charge < -0.3 is 9.64 Å². The molecule has 0 unspecified atom stereocenters. The normalized spacial score (nSPS) is 21.7. The van der Waals surface area contributed by atoms with Gasteiger partial charge in [-0.1, -0.05) is 0 Å². The molecular formula is C15H18N4O4. The van der Waals surface area contributed by atoms with Gasteiger partial charge >= 0.3 is 6.01 Å². The molecule has 0 saturated carbocycles. The molecule has 1 atom stereocenters. The highest BCUT2D eigenvalue weighted by Crippen LogP contribution is 2.17. The lowest BCUT2D eigenvalue weighted by atomic mass is 10.1. The topological polar surface area (TPSA) is 92.7 Å². The van der Waals surface area contributed by atoms with Crippen LogP contribution in [-0.4, -0.2) is 63.2 Å². The predicted octanol–water partition coefficient (Wildman–Crippen LogP) is -0.00460. The molecule has 3 amide bonds. The van der Waals surface area contributed by atoms with Gasteiger partial charge in [0.05, 0.1) is 6.54 Å². The second kappa shape index (κ2) is 6.72. The third-order valence-electron chi connectivity index (χ3n) is 3.99. The Balaban J connectivity index is 1.56. The second-order valence-electron chi connectivity index (χ2n) is 5.63. The smallest absolute Gasteiger partial charge is 0.316 e. The molecule has 3 heterocycles. The Bertz CT molecular complexity index is 591. The van der Waals surface area contributed by atoms with Crippen molar-refractivity contribution >= 4 is 17.7 Å². The third-order valence-corrected chi connectivity index (χ3v) is 3.99. The molecule has 2 saturated heterocycles. The van der Waals surface area contributed by atoms with Crippen LogP contribution in [0.15, 0.2) is 18.5 Å². The number of rotatable bonds is 4. The standard InChI is InChI=1S/C15H18N4O4/c20-12-4-5-13(21)19(12)10-14(22)18-8-1-3-11(9-18)23-15-16-6-2-7-17-15/h2,6-7,11H,1,3-5,8-10H2/t11-/m1/s1. The van der Waals surface area contributed by atoms with Crippen LogP contribution in [0.4, 0.5) is 0 Å². The largest absolute Gasteiger partial charge is 0.458 e. The van der Waals surface area contributed by atoms with Crippen molar-refractivity contribution in [3.05, 3.63) is 18.5 Å². The maximum atomic E-state index is 12.3. The molecule has 0 radical (unpaired) electrons. The number of aromatic nitrogens is 2. The fourth-order valence-corrected chi connectivity index (χ4v) is 2.79. The number of likely N-dealkylation sites (tertiary alicyclic amines) is 2. The van der Waals surface area contributed by atoms with E-state index >= 15 is 0 Å². The van der Waals surface area contributed by atoms with Crippen LogP contribution in [0.1, 0.15) is 25.7 Å². The van der Waals surface area contributed by atoms with Crippen LogP contribution in [0, 0.1) is 0 Å². The summed E-state index contributed by atoms with van der Waals surface area (Å²) in [6.07, 6.45) is 5.01. The highest BCUT2D eigenvalue weighted by atomic mass is 16.5. The minimum Gasteiger partial charge on any atom is -0.458 e. The third kappa shape index (κ3) is 3.64. The molecule has 2 aliphatic heterocycles. The van der Waals surface area contributed by atoms with E-state index in [0.717, 1.165) is 17.7 Å². The fourth-order valence-electron chi connectivity index (χ4n) is 2.79. The first-order valence-electron chi connectivity index (χ1n) is 7.68. The van der Waals surface area contributed by atoms with Crippen molar-refractivity contribution in [3.8, 4) is 6.01 Å². The Morgan fingerprint density at radius 1 is 1.22 bits per heavy atom. The lowest BCUT2D eigenvalue weighted by molar-refractivity contribution is -0.146. The first kappa shape index (κ1) is 15.4. The quantitative estimate of drug-likeness (QED) is 0.725. The number of carbonyl (C=O) groups excluding carboxylic acids is 3. The van der Waals surface area contributed by atoms with Gasteiger partial charge in [-0.15, -0.1) is 0 Å². The maximum absolute atomic E-state index is 12.3. The van der Waals surface area contributed by atoms with Crippen molar-refractivity contribution in [3.63, 3.8) is 0 Å². The van der Waals surface area contributed by atoms with Gasteiger partial charge in [0.2, 0.25) is 17.7 Å². The van der Waals surface area contributed by atoms with E-state index in [2.05, 4.69) is 9.97 Å². The van der Waals surface area contributed by atoms with Crippen LogP contribution in [0.3, 0.4) is 0 Å². The molecule has 0 N–H and O–H groups in total. The van der Waals surface area contributed by atoms with Crippen LogP contribution in [0.25, 0.3) is 0 Å². The number of imide groups is 1. The molecule has 3 rings (SSSR count). The van der Waals surface area contributed by atoms with Crippen molar-refractivity contribution in [1.82, 2.24) is 19.8 Å². The Morgan fingerprint density at radius 2 is 1.91 bits per heavy atom. The van der Waals surface area contributed by atoms with Gasteiger partial charge in [-0.3, -0.25) is 19.3 Å². The van der Waals surface area contributed by atoms with Crippen molar-refractivity contribution in [2.75, 3.05) is 19.6 Å². The van der Waals surface area contributed by atoms with E-state index in [-0.39, 0.29) is 49.2 Å². The summed E-state index contributed by atoms with van der Waals surface area (Å²) in [5.74, 6) is -0.771. The summed E-state index contributed by atoms with van der Waals surface area (Å²) >= 11 is 0. The molecule has 1 aromatic rings. The number of carbonyl (C=O) groups is 3. The summed E-state index contributed by atoms with van der Waals surface area (Å²) < 4.78 is 5.68. The summed E-state index contributed by atoms with van der Waals surface area (Å²) in [4.78, 5) is 46.2. The van der Waals surface area contributed by atoms with Gasteiger partial charge in [0.15, 0.2) is 0 Å². The fraction of sp³-hybridized carbons (Fsp3) is 0.533. The van der Waals surface area contributed by atoms with Crippen molar-refractivity contribution in [1.29, 1.82) is 0 Å². The molecule has 0 aliphatic carbocycles. The van der Waals surface area contributed by atoms with Crippen LogP contribution in [0.2, 0.25) is 0 Å². The van der Waals surface area contributed by atoms with Crippen LogP contribution >= 0.6 is 0 Å². The van der Waals surface area contributed by atoms with E-state index in [1.54, 1.807) is 23.4 Å². The summed E-state index contributed by atoms with van der Waals surface area (Å²) in [6.45, 7) is 0.837. The van der Waals surface area contributed by atoms with Crippen LogP contribution < -0.4 is 4.74 Å². The minimum absolute atomic E-state index is 0.174. The average molecular weight is 318 g/mol. The number of ether oxygens (including phenoxy) is 1. The Hall–Kier alpha value is -2.51. The summed E-state index contributed by atoms with van der Waals surface area (Å²) in [7, 11) is 0. The van der Waals surface area contributed by atoms with Gasteiger partial charge in [0.25, 0.3) is 0 Å². The second-order valence-corrected chi connectivity index (χ2v) is 5.63. The molecule has 8 heteroatoms. The van der Waals surface area contributed by atoms with E-state index in [0.29, 0.717) is 13.1 Å². The highest BCUT2D eigenvalue weighted by molar-refractivity contribution is 6.04. The predicted molar refractivity (Wildman–Crippen MR) is 78.2 cm³/mol. The Morgan fingerprint density at radius 3 is 2.61 bits per heavy atom. The highest BCUT2D eigenvalue weighted by Gasteiger charge is 2.33. The van der Waals surface area contributed by atoms with Crippen molar-refractivity contribution < 1.29 is 19.1 Å². The van der Waals surface area contributed by atoms with E-state index in [4.69, 9.17) is 4.74 Å². The van der Waals surface area contributed by atoms with E-state index in [1.807, 2.05) is 0 Å². The molecule has 0 aromatic carbocycles. The molecule has 2 fully saturated rings. The Labute approximate surface area is 133 Å². The lowest BCUT2D eigenvalue weighted by Gasteiger charge is -2.33. The molecule has 8 nitrogen and oxygen atoms in total. The SMILES string of the molecule is O=C(CN1C(=O)CCC1=O)N1CCC[C@@H](Oc2ncccn2)C1. The van der Waals surface area contributed by atoms with Crippen molar-refractivity contribution in [2.45, 2.75) is 31.8 Å². The van der Waals surface area contributed by atoms with Gasteiger partial charge in [-0.25, -0.2) is 9.97 Å². The number of hydrogen-bond acceptors (Lipinski definition) is 6. The van der Waals surface area contributed by atoms with Crippen LogP contribution in [0.5, 0.6) is 6.01 Å². The molecular weight excluding hydrogens is 300 g/mol. The number of piperidine rings is 1. The first-order valence-corrected chi connectivity index (χ1v) is 7.68. The number of amides is 3. The summed E-state index contributed by atoms with van der Waals surface area (Å²) in [5.41, 5.74) is 0. The van der Waals surface area contributed by atoms with Crippen LogP contribution in [-0.2, 0) is 14.4 Å². The molecule has 122 valence electrons. The van der Waals surface area contributed by atoms with E-state index < -0.39 is 0 Å². The molecule has 23 heavy (non-hydrogen) atoms. The molecule has 0 spiro atoms. The lowest BCUT2D eigenvalue weighted by Crippen LogP contribution is -2.49. The Kier molecular flexibility index (Phi) is 4.50. The van der Waals surface area contributed by atoms with Gasteiger partial charge in [0, 0.05) is 31.8 Å². The number of hydrogen-bond donors (Lipinski definition) is 0. The molecule has 1 aromatic heterocycles. The van der Waals surface area contributed by atoms with Gasteiger partial charge in [-0.2, -0.15) is 0 Å².